The molecule has 19 heavy (non-hydrogen) atoms. The molecule has 0 bridgehead atoms. The summed E-state index contributed by atoms with van der Waals surface area (Å²) in [6.45, 7) is 3.67. The summed E-state index contributed by atoms with van der Waals surface area (Å²) >= 11 is 0. The van der Waals surface area contributed by atoms with Crippen molar-refractivity contribution in [3.8, 4) is 5.75 Å². The molecule has 0 spiro atoms. The van der Waals surface area contributed by atoms with E-state index in [1.807, 2.05) is 30.3 Å². The highest BCUT2D eigenvalue weighted by Crippen LogP contribution is 2.23. The molecule has 0 aliphatic heterocycles. The van der Waals surface area contributed by atoms with Crippen LogP contribution in [-0.2, 0) is 0 Å². The molecule has 0 saturated heterocycles. The van der Waals surface area contributed by atoms with Gasteiger partial charge in [-0.1, -0.05) is 31.0 Å². The van der Waals surface area contributed by atoms with Gasteiger partial charge in [-0.25, -0.2) is 0 Å². The van der Waals surface area contributed by atoms with E-state index >= 15 is 0 Å². The molecule has 0 aromatic heterocycles. The molecule has 1 aliphatic rings. The molecule has 2 N–H and O–H groups in total. The van der Waals surface area contributed by atoms with Crippen molar-refractivity contribution in [3.05, 3.63) is 30.3 Å². The second-order valence-electron chi connectivity index (χ2n) is 5.28. The first kappa shape index (κ1) is 14.4. The molecule has 3 nitrogen and oxygen atoms in total. The minimum atomic E-state index is 0.755. The van der Waals surface area contributed by atoms with Gasteiger partial charge in [0.25, 0.3) is 0 Å². The van der Waals surface area contributed by atoms with Gasteiger partial charge in [-0.2, -0.15) is 0 Å². The third-order valence-corrected chi connectivity index (χ3v) is 3.88. The van der Waals surface area contributed by atoms with E-state index in [0.717, 1.165) is 44.5 Å². The third-order valence-electron chi connectivity index (χ3n) is 3.88. The first-order valence-corrected chi connectivity index (χ1v) is 7.52. The minimum absolute atomic E-state index is 0.755. The Labute approximate surface area is 116 Å². The van der Waals surface area contributed by atoms with Gasteiger partial charge in [0.05, 0.1) is 0 Å². The lowest BCUT2D eigenvalue weighted by Gasteiger charge is -2.28. The summed E-state index contributed by atoms with van der Waals surface area (Å²) in [6.07, 6.45) is 6.53. The number of nitrogens with two attached hydrogens (primary N) is 1. The Kier molecular flexibility index (Phi) is 6.18. The highest BCUT2D eigenvalue weighted by Gasteiger charge is 2.21. The van der Waals surface area contributed by atoms with Crippen LogP contribution in [0.4, 0.5) is 0 Å². The molecule has 0 atom stereocenters. The smallest absolute Gasteiger partial charge is 0.119 e. The number of benzene rings is 1. The first-order chi connectivity index (χ1) is 9.40. The zero-order valence-electron chi connectivity index (χ0n) is 11.8. The molecule has 0 amide bonds. The Balaban J connectivity index is 1.75. The van der Waals surface area contributed by atoms with Crippen LogP contribution in [0, 0.1) is 0 Å². The molecule has 0 heterocycles. The van der Waals surface area contributed by atoms with Gasteiger partial charge in [0.2, 0.25) is 0 Å². The molecule has 0 unspecified atom stereocenters. The maximum absolute atomic E-state index is 5.80. The average molecular weight is 262 g/mol. The SMILES string of the molecule is NCCCN(CCOc1ccccc1)C1CCCC1. The Morgan fingerprint density at radius 2 is 1.84 bits per heavy atom. The molecule has 3 heteroatoms. The van der Waals surface area contributed by atoms with Gasteiger partial charge in [0, 0.05) is 12.6 Å². The van der Waals surface area contributed by atoms with E-state index in [4.69, 9.17) is 10.5 Å². The largest absolute Gasteiger partial charge is 0.492 e. The normalized spacial score (nSPS) is 16.1. The van der Waals surface area contributed by atoms with Crippen molar-refractivity contribution >= 4 is 0 Å². The number of hydrogen-bond acceptors (Lipinski definition) is 3. The summed E-state index contributed by atoms with van der Waals surface area (Å²) in [6, 6.07) is 10.8. The topological polar surface area (TPSA) is 38.5 Å². The van der Waals surface area contributed by atoms with Crippen molar-refractivity contribution in [1.29, 1.82) is 0 Å². The fourth-order valence-electron chi connectivity index (χ4n) is 2.84. The molecular weight excluding hydrogens is 236 g/mol. The molecule has 1 aliphatic carbocycles. The third kappa shape index (κ3) is 4.84. The van der Waals surface area contributed by atoms with Gasteiger partial charge in [0.15, 0.2) is 0 Å². The van der Waals surface area contributed by atoms with Crippen LogP contribution in [0.2, 0.25) is 0 Å². The first-order valence-electron chi connectivity index (χ1n) is 7.52. The molecule has 2 rings (SSSR count). The number of nitrogens with zero attached hydrogens (tertiary/aromatic N) is 1. The van der Waals surface area contributed by atoms with Crippen molar-refractivity contribution < 1.29 is 4.74 Å². The van der Waals surface area contributed by atoms with Gasteiger partial charge in [-0.15, -0.1) is 0 Å². The highest BCUT2D eigenvalue weighted by atomic mass is 16.5. The van der Waals surface area contributed by atoms with Gasteiger partial charge in [-0.3, -0.25) is 4.90 Å². The summed E-state index contributed by atoms with van der Waals surface area (Å²) in [5.41, 5.74) is 5.64. The monoisotopic (exact) mass is 262 g/mol. The lowest BCUT2D eigenvalue weighted by atomic mass is 10.2. The molecule has 1 aromatic rings. The summed E-state index contributed by atoms with van der Waals surface area (Å²) in [4.78, 5) is 2.57. The van der Waals surface area contributed by atoms with Crippen molar-refractivity contribution in [3.63, 3.8) is 0 Å². The summed E-state index contributed by atoms with van der Waals surface area (Å²) in [7, 11) is 0. The second kappa shape index (κ2) is 8.18. The number of para-hydroxylation sites is 1. The summed E-state index contributed by atoms with van der Waals surface area (Å²) in [5.74, 6) is 0.965. The van der Waals surface area contributed by atoms with Crippen molar-refractivity contribution in [1.82, 2.24) is 4.90 Å². The molecule has 1 fully saturated rings. The summed E-state index contributed by atoms with van der Waals surface area (Å²) < 4.78 is 5.80. The number of hydrogen-bond donors (Lipinski definition) is 1. The van der Waals surface area contributed by atoms with Gasteiger partial charge < -0.3 is 10.5 Å². The Hall–Kier alpha value is -1.06. The van der Waals surface area contributed by atoms with E-state index in [2.05, 4.69) is 4.90 Å². The Bertz CT molecular complexity index is 336. The molecule has 1 saturated carbocycles. The van der Waals surface area contributed by atoms with E-state index < -0.39 is 0 Å². The van der Waals surface area contributed by atoms with Crippen molar-refractivity contribution in [2.45, 2.75) is 38.1 Å². The van der Waals surface area contributed by atoms with Crippen LogP contribution in [0.3, 0.4) is 0 Å². The zero-order valence-corrected chi connectivity index (χ0v) is 11.8. The van der Waals surface area contributed by atoms with Crippen LogP contribution in [-0.4, -0.2) is 37.2 Å². The molecule has 106 valence electrons. The average Bonchev–Trinajstić information content (AvgIpc) is 2.98. The number of rotatable bonds is 8. The van der Waals surface area contributed by atoms with E-state index in [-0.39, 0.29) is 0 Å². The van der Waals surface area contributed by atoms with Crippen molar-refractivity contribution in [2.75, 3.05) is 26.2 Å². The maximum Gasteiger partial charge on any atom is 0.119 e. The predicted octanol–water partition coefficient (Wildman–Crippen LogP) is 2.66. The predicted molar refractivity (Wildman–Crippen MR) is 79.4 cm³/mol. The zero-order chi connectivity index (χ0) is 13.3. The van der Waals surface area contributed by atoms with E-state index in [9.17, 15) is 0 Å². The van der Waals surface area contributed by atoms with E-state index in [0.29, 0.717) is 0 Å². The van der Waals surface area contributed by atoms with E-state index in [1.54, 1.807) is 0 Å². The molecule has 1 aromatic carbocycles. The minimum Gasteiger partial charge on any atom is -0.492 e. The Morgan fingerprint density at radius 1 is 1.11 bits per heavy atom. The van der Waals surface area contributed by atoms with Crippen molar-refractivity contribution in [2.24, 2.45) is 5.73 Å². The fourth-order valence-corrected chi connectivity index (χ4v) is 2.84. The quantitative estimate of drug-likeness (QED) is 0.783. The lowest BCUT2D eigenvalue weighted by molar-refractivity contribution is 0.159. The van der Waals surface area contributed by atoms with E-state index in [1.165, 1.54) is 25.7 Å². The van der Waals surface area contributed by atoms with Crippen LogP contribution in [0.5, 0.6) is 5.75 Å². The van der Waals surface area contributed by atoms with Gasteiger partial charge in [0.1, 0.15) is 12.4 Å². The second-order valence-corrected chi connectivity index (χ2v) is 5.28. The Morgan fingerprint density at radius 3 is 2.53 bits per heavy atom. The van der Waals surface area contributed by atoms with Gasteiger partial charge >= 0.3 is 0 Å². The summed E-state index contributed by atoms with van der Waals surface area (Å²) in [5, 5.41) is 0. The van der Waals surface area contributed by atoms with Crippen LogP contribution in [0.1, 0.15) is 32.1 Å². The lowest BCUT2D eigenvalue weighted by Crippen LogP contribution is -2.38. The van der Waals surface area contributed by atoms with Crippen LogP contribution in [0.25, 0.3) is 0 Å². The number of ether oxygens (including phenoxy) is 1. The fraction of sp³-hybridized carbons (Fsp3) is 0.625. The van der Waals surface area contributed by atoms with Crippen LogP contribution >= 0.6 is 0 Å². The molecule has 0 radical (unpaired) electrons. The van der Waals surface area contributed by atoms with Gasteiger partial charge in [-0.05, 0) is 44.5 Å². The van der Waals surface area contributed by atoms with Crippen LogP contribution < -0.4 is 10.5 Å². The van der Waals surface area contributed by atoms with Crippen LogP contribution in [0.15, 0.2) is 30.3 Å². The standard InChI is InChI=1S/C16H26N2O/c17-11-6-12-18(15-7-4-5-8-15)13-14-19-16-9-2-1-3-10-16/h1-3,9-10,15H,4-8,11-14,17H2. The maximum atomic E-state index is 5.80. The highest BCUT2D eigenvalue weighted by molar-refractivity contribution is 5.20. The molecular formula is C16H26N2O.